The maximum Gasteiger partial charge on any atom is 0.193 e. The summed E-state index contributed by atoms with van der Waals surface area (Å²) in [5.74, 6) is 2.08. The lowest BCUT2D eigenvalue weighted by molar-refractivity contribution is 0.134. The molecule has 20 heavy (non-hydrogen) atoms. The van der Waals surface area contributed by atoms with Crippen molar-refractivity contribution in [2.45, 2.75) is 31.9 Å². The third-order valence-electron chi connectivity index (χ3n) is 3.69. The largest absolute Gasteiger partial charge is 0.467 e. The number of halogens is 1. The topological polar surface area (TPSA) is 61.0 Å². The third-order valence-corrected chi connectivity index (χ3v) is 3.69. The molecule has 1 heterocycles. The van der Waals surface area contributed by atoms with Gasteiger partial charge in [-0.25, -0.2) is 0 Å². The molecule has 1 aromatic heterocycles. The number of nitrogens with one attached hydrogen (secondary N) is 1. The van der Waals surface area contributed by atoms with Gasteiger partial charge in [-0.05, 0) is 25.0 Å². The second-order valence-electron chi connectivity index (χ2n) is 5.12. The molecule has 0 bridgehead atoms. The highest BCUT2D eigenvalue weighted by Gasteiger charge is 2.25. The van der Waals surface area contributed by atoms with Gasteiger partial charge in [0.15, 0.2) is 5.96 Å². The van der Waals surface area contributed by atoms with Crippen LogP contribution in [0.4, 0.5) is 0 Å². The summed E-state index contributed by atoms with van der Waals surface area (Å²) in [5.41, 5.74) is 0. The number of furan rings is 1. The third kappa shape index (κ3) is 4.66. The predicted octanol–water partition coefficient (Wildman–Crippen LogP) is 2.07. The summed E-state index contributed by atoms with van der Waals surface area (Å²) >= 11 is 0. The van der Waals surface area contributed by atoms with Gasteiger partial charge in [-0.3, -0.25) is 4.99 Å². The summed E-state index contributed by atoms with van der Waals surface area (Å²) in [7, 11) is 3.75. The van der Waals surface area contributed by atoms with E-state index in [0.29, 0.717) is 12.5 Å². The van der Waals surface area contributed by atoms with Crippen LogP contribution in [-0.4, -0.2) is 42.7 Å². The van der Waals surface area contributed by atoms with E-state index < -0.39 is 0 Å². The number of aliphatic imine (C=N–C) groups is 1. The van der Waals surface area contributed by atoms with Crippen molar-refractivity contribution >= 4 is 29.9 Å². The van der Waals surface area contributed by atoms with Crippen LogP contribution in [0.5, 0.6) is 0 Å². The van der Waals surface area contributed by atoms with Gasteiger partial charge in [-0.2, -0.15) is 0 Å². The van der Waals surface area contributed by atoms with Crippen molar-refractivity contribution in [3.63, 3.8) is 0 Å². The Balaban J connectivity index is 0.00000200. The van der Waals surface area contributed by atoms with Crippen LogP contribution in [0, 0.1) is 5.92 Å². The van der Waals surface area contributed by atoms with Gasteiger partial charge in [0, 0.05) is 26.6 Å². The average molecular weight is 393 g/mol. The standard InChI is InChI=1S/C14H23N3O2.HI/c1-15-14(16-9-11-5-3-7-13(11)18)17(2)10-12-6-4-8-19-12;/h4,6,8,11,13,18H,3,5,7,9-10H2,1-2H3,(H,15,16);1H. The van der Waals surface area contributed by atoms with Crippen LogP contribution in [0.25, 0.3) is 0 Å². The maximum absolute atomic E-state index is 9.81. The molecule has 2 rings (SSSR count). The van der Waals surface area contributed by atoms with Gasteiger partial charge in [-0.15, -0.1) is 24.0 Å². The summed E-state index contributed by atoms with van der Waals surface area (Å²) in [6.07, 6.45) is 4.64. The van der Waals surface area contributed by atoms with Crippen molar-refractivity contribution in [1.82, 2.24) is 10.2 Å². The van der Waals surface area contributed by atoms with Crippen molar-refractivity contribution < 1.29 is 9.52 Å². The van der Waals surface area contributed by atoms with Gasteiger partial charge < -0.3 is 19.7 Å². The van der Waals surface area contributed by atoms with Gasteiger partial charge in [0.25, 0.3) is 0 Å². The second-order valence-corrected chi connectivity index (χ2v) is 5.12. The molecule has 1 fully saturated rings. The molecule has 0 radical (unpaired) electrons. The number of hydrogen-bond acceptors (Lipinski definition) is 3. The first-order valence-electron chi connectivity index (χ1n) is 6.83. The van der Waals surface area contributed by atoms with E-state index in [1.807, 2.05) is 24.1 Å². The van der Waals surface area contributed by atoms with Crippen LogP contribution in [-0.2, 0) is 6.54 Å². The van der Waals surface area contributed by atoms with Crippen LogP contribution >= 0.6 is 24.0 Å². The molecule has 6 heteroatoms. The Bertz CT molecular complexity index is 409. The van der Waals surface area contributed by atoms with Crippen LogP contribution in [0.3, 0.4) is 0 Å². The van der Waals surface area contributed by atoms with E-state index in [0.717, 1.165) is 37.5 Å². The lowest BCUT2D eigenvalue weighted by Crippen LogP contribution is -2.41. The molecule has 1 aromatic rings. The number of nitrogens with zero attached hydrogens (tertiary/aromatic N) is 2. The van der Waals surface area contributed by atoms with Crippen LogP contribution in [0.15, 0.2) is 27.8 Å². The highest BCUT2D eigenvalue weighted by Crippen LogP contribution is 2.24. The van der Waals surface area contributed by atoms with E-state index in [-0.39, 0.29) is 30.1 Å². The van der Waals surface area contributed by atoms with Gasteiger partial charge in [0.1, 0.15) is 5.76 Å². The monoisotopic (exact) mass is 393 g/mol. The molecule has 0 spiro atoms. The van der Waals surface area contributed by atoms with Crippen LogP contribution in [0.2, 0.25) is 0 Å². The molecule has 2 atom stereocenters. The first-order chi connectivity index (χ1) is 9.20. The Morgan fingerprint density at radius 2 is 2.35 bits per heavy atom. The highest BCUT2D eigenvalue weighted by molar-refractivity contribution is 14.0. The molecular weight excluding hydrogens is 369 g/mol. The normalized spacial score (nSPS) is 22.4. The van der Waals surface area contributed by atoms with Crippen molar-refractivity contribution in [3.05, 3.63) is 24.2 Å². The van der Waals surface area contributed by atoms with E-state index in [9.17, 15) is 5.11 Å². The van der Waals surface area contributed by atoms with E-state index in [1.54, 1.807) is 13.3 Å². The lowest BCUT2D eigenvalue weighted by Gasteiger charge is -2.23. The molecule has 1 saturated carbocycles. The zero-order valence-corrected chi connectivity index (χ0v) is 14.4. The fourth-order valence-electron chi connectivity index (χ4n) is 2.57. The van der Waals surface area contributed by atoms with Gasteiger partial charge in [-0.1, -0.05) is 6.42 Å². The summed E-state index contributed by atoms with van der Waals surface area (Å²) in [6, 6.07) is 3.83. The molecule has 0 saturated heterocycles. The smallest absolute Gasteiger partial charge is 0.193 e. The average Bonchev–Trinajstić information content (AvgIpc) is 3.02. The number of aliphatic hydroxyl groups is 1. The van der Waals surface area contributed by atoms with E-state index >= 15 is 0 Å². The summed E-state index contributed by atoms with van der Waals surface area (Å²) in [4.78, 5) is 6.28. The molecule has 114 valence electrons. The van der Waals surface area contributed by atoms with E-state index in [2.05, 4.69) is 10.3 Å². The highest BCUT2D eigenvalue weighted by atomic mass is 127. The second kappa shape index (κ2) is 8.51. The minimum Gasteiger partial charge on any atom is -0.467 e. The number of rotatable bonds is 4. The molecule has 1 aliphatic carbocycles. The fourth-order valence-corrected chi connectivity index (χ4v) is 2.57. The molecule has 0 aromatic carbocycles. The summed E-state index contributed by atoms with van der Waals surface area (Å²) in [6.45, 7) is 1.45. The summed E-state index contributed by atoms with van der Waals surface area (Å²) < 4.78 is 5.33. The molecule has 0 amide bonds. The fraction of sp³-hybridized carbons (Fsp3) is 0.643. The molecule has 2 N–H and O–H groups in total. The number of hydrogen-bond donors (Lipinski definition) is 2. The first kappa shape index (κ1) is 17.3. The minimum atomic E-state index is -0.166. The van der Waals surface area contributed by atoms with Gasteiger partial charge in [0.05, 0.1) is 18.9 Å². The van der Waals surface area contributed by atoms with Crippen LogP contribution < -0.4 is 5.32 Å². The first-order valence-corrected chi connectivity index (χ1v) is 6.83. The molecule has 2 unspecified atom stereocenters. The Morgan fingerprint density at radius 3 is 2.90 bits per heavy atom. The van der Waals surface area contributed by atoms with Crippen LogP contribution in [0.1, 0.15) is 25.0 Å². The molecule has 0 aliphatic heterocycles. The molecular formula is C14H24IN3O2. The van der Waals surface area contributed by atoms with Crippen molar-refractivity contribution in [2.75, 3.05) is 20.6 Å². The zero-order chi connectivity index (χ0) is 13.7. The maximum atomic E-state index is 9.81. The minimum absolute atomic E-state index is 0. The Labute approximate surface area is 137 Å². The Morgan fingerprint density at radius 1 is 1.55 bits per heavy atom. The Kier molecular flexibility index (Phi) is 7.36. The van der Waals surface area contributed by atoms with Crippen molar-refractivity contribution in [1.29, 1.82) is 0 Å². The summed E-state index contributed by atoms with van der Waals surface area (Å²) in [5, 5.41) is 13.1. The quantitative estimate of drug-likeness (QED) is 0.467. The van der Waals surface area contributed by atoms with Crippen molar-refractivity contribution in [2.24, 2.45) is 10.9 Å². The number of guanidine groups is 1. The number of aliphatic hydroxyl groups excluding tert-OH is 1. The SMILES string of the molecule is CN=C(NCC1CCCC1O)N(C)Cc1ccco1.I. The lowest BCUT2D eigenvalue weighted by atomic mass is 10.1. The molecule has 1 aliphatic rings. The zero-order valence-electron chi connectivity index (χ0n) is 12.1. The predicted molar refractivity (Wildman–Crippen MR) is 90.3 cm³/mol. The molecule has 5 nitrogen and oxygen atoms in total. The van der Waals surface area contributed by atoms with Gasteiger partial charge in [0.2, 0.25) is 0 Å². The van der Waals surface area contributed by atoms with Crippen molar-refractivity contribution in [3.8, 4) is 0 Å². The van der Waals surface area contributed by atoms with E-state index in [4.69, 9.17) is 4.42 Å². The van der Waals surface area contributed by atoms with E-state index in [1.165, 1.54) is 0 Å². The van der Waals surface area contributed by atoms with Gasteiger partial charge >= 0.3 is 0 Å². The Hall–Kier alpha value is -0.760.